The van der Waals surface area contributed by atoms with E-state index in [1.165, 1.54) is 0 Å². The molecule has 0 unspecified atom stereocenters. The number of carbonyl (C=O) groups is 1. The van der Waals surface area contributed by atoms with Crippen LogP contribution < -0.4 is 5.32 Å². The molecule has 0 bridgehead atoms. The van der Waals surface area contributed by atoms with Crippen molar-refractivity contribution in [3.63, 3.8) is 0 Å². The SMILES string of the molecule is Cc1cccc(-c2nnc(-c3ccc(C(=O)Nc4ccc5oc(C(C)C)nc5c4)cc3)o2)c1. The number of nitrogens with one attached hydrogen (secondary N) is 1. The van der Waals surface area contributed by atoms with Gasteiger partial charge in [0, 0.05) is 28.3 Å². The predicted molar refractivity (Wildman–Crippen MR) is 126 cm³/mol. The lowest BCUT2D eigenvalue weighted by molar-refractivity contribution is 0.102. The molecular weight excluding hydrogens is 416 g/mol. The molecule has 0 saturated heterocycles. The highest BCUT2D eigenvalue weighted by atomic mass is 16.4. The average molecular weight is 438 g/mol. The van der Waals surface area contributed by atoms with Gasteiger partial charge in [0.05, 0.1) is 0 Å². The first kappa shape index (κ1) is 20.6. The largest absolute Gasteiger partial charge is 0.440 e. The van der Waals surface area contributed by atoms with E-state index in [4.69, 9.17) is 8.83 Å². The second-order valence-corrected chi connectivity index (χ2v) is 8.20. The van der Waals surface area contributed by atoms with Gasteiger partial charge < -0.3 is 14.2 Å². The first-order chi connectivity index (χ1) is 16.0. The third kappa shape index (κ3) is 4.25. The van der Waals surface area contributed by atoms with E-state index in [-0.39, 0.29) is 11.8 Å². The molecule has 7 heteroatoms. The number of rotatable bonds is 5. The zero-order valence-corrected chi connectivity index (χ0v) is 18.5. The van der Waals surface area contributed by atoms with E-state index in [1.807, 2.05) is 57.2 Å². The van der Waals surface area contributed by atoms with E-state index in [1.54, 1.807) is 30.3 Å². The van der Waals surface area contributed by atoms with Crippen molar-refractivity contribution >= 4 is 22.7 Å². The van der Waals surface area contributed by atoms with Crippen LogP contribution in [0.5, 0.6) is 0 Å². The first-order valence-corrected chi connectivity index (χ1v) is 10.7. The molecule has 0 fully saturated rings. The molecule has 0 atom stereocenters. The molecule has 0 radical (unpaired) electrons. The molecule has 0 aliphatic carbocycles. The van der Waals surface area contributed by atoms with Gasteiger partial charge in [-0.3, -0.25) is 4.79 Å². The number of hydrogen-bond donors (Lipinski definition) is 1. The fourth-order valence-corrected chi connectivity index (χ4v) is 3.47. The van der Waals surface area contributed by atoms with Crippen LogP contribution in [0.3, 0.4) is 0 Å². The highest BCUT2D eigenvalue weighted by Crippen LogP contribution is 2.26. The Kier molecular flexibility index (Phi) is 5.22. The highest BCUT2D eigenvalue weighted by molar-refractivity contribution is 6.05. The molecule has 2 heterocycles. The van der Waals surface area contributed by atoms with Gasteiger partial charge in [-0.1, -0.05) is 31.5 Å². The van der Waals surface area contributed by atoms with Crippen molar-refractivity contribution in [2.75, 3.05) is 5.32 Å². The Labute approximate surface area is 190 Å². The quantitative estimate of drug-likeness (QED) is 0.350. The molecule has 0 aliphatic heterocycles. The molecule has 33 heavy (non-hydrogen) atoms. The Balaban J connectivity index is 1.31. The maximum absolute atomic E-state index is 12.7. The molecule has 3 aromatic carbocycles. The Morgan fingerprint density at radius 3 is 2.36 bits per heavy atom. The number of hydrogen-bond acceptors (Lipinski definition) is 6. The van der Waals surface area contributed by atoms with Crippen LogP contribution in [0.25, 0.3) is 34.0 Å². The summed E-state index contributed by atoms with van der Waals surface area (Å²) in [6, 6.07) is 20.3. The van der Waals surface area contributed by atoms with Crippen LogP contribution in [0.2, 0.25) is 0 Å². The van der Waals surface area contributed by atoms with Gasteiger partial charge in [-0.05, 0) is 61.5 Å². The number of oxazole rings is 1. The average Bonchev–Trinajstić information content (AvgIpc) is 3.47. The predicted octanol–water partition coefficient (Wildman–Crippen LogP) is 6.23. The summed E-state index contributed by atoms with van der Waals surface area (Å²) in [7, 11) is 0. The molecule has 2 aromatic heterocycles. The number of aryl methyl sites for hydroxylation is 1. The minimum atomic E-state index is -0.223. The van der Waals surface area contributed by atoms with Crippen LogP contribution in [-0.2, 0) is 0 Å². The van der Waals surface area contributed by atoms with Gasteiger partial charge in [-0.15, -0.1) is 10.2 Å². The number of carbonyl (C=O) groups excluding carboxylic acids is 1. The zero-order valence-electron chi connectivity index (χ0n) is 18.5. The summed E-state index contributed by atoms with van der Waals surface area (Å²) in [5.41, 5.74) is 5.31. The van der Waals surface area contributed by atoms with E-state index in [2.05, 4.69) is 20.5 Å². The molecule has 1 N–H and O–H groups in total. The van der Waals surface area contributed by atoms with Crippen molar-refractivity contribution in [3.8, 4) is 22.9 Å². The van der Waals surface area contributed by atoms with E-state index in [9.17, 15) is 4.79 Å². The molecular formula is C26H22N4O3. The van der Waals surface area contributed by atoms with Crippen molar-refractivity contribution in [3.05, 3.63) is 83.7 Å². The minimum Gasteiger partial charge on any atom is -0.440 e. The van der Waals surface area contributed by atoms with Gasteiger partial charge >= 0.3 is 0 Å². The van der Waals surface area contributed by atoms with Gasteiger partial charge in [0.1, 0.15) is 5.52 Å². The van der Waals surface area contributed by atoms with Crippen molar-refractivity contribution in [2.24, 2.45) is 0 Å². The van der Waals surface area contributed by atoms with Crippen molar-refractivity contribution < 1.29 is 13.6 Å². The molecule has 164 valence electrons. The van der Waals surface area contributed by atoms with Crippen molar-refractivity contribution in [1.82, 2.24) is 15.2 Å². The van der Waals surface area contributed by atoms with Crippen molar-refractivity contribution in [2.45, 2.75) is 26.7 Å². The standard InChI is InChI=1S/C26H22N4O3/c1-15(2)24-28-21-14-20(11-12-22(21)32-24)27-23(31)17-7-9-18(10-8-17)25-29-30-26(33-25)19-6-4-5-16(3)13-19/h4-15H,1-3H3,(H,27,31). The monoisotopic (exact) mass is 438 g/mol. The normalized spacial score (nSPS) is 11.3. The smallest absolute Gasteiger partial charge is 0.255 e. The van der Waals surface area contributed by atoms with Crippen LogP contribution in [0, 0.1) is 6.92 Å². The lowest BCUT2D eigenvalue weighted by Gasteiger charge is -2.05. The Morgan fingerprint density at radius 1 is 0.879 bits per heavy atom. The summed E-state index contributed by atoms with van der Waals surface area (Å²) in [6.45, 7) is 6.06. The van der Waals surface area contributed by atoms with Crippen LogP contribution >= 0.6 is 0 Å². The second kappa shape index (κ2) is 8.35. The second-order valence-electron chi connectivity index (χ2n) is 8.20. The molecule has 7 nitrogen and oxygen atoms in total. The van der Waals surface area contributed by atoms with E-state index >= 15 is 0 Å². The van der Waals surface area contributed by atoms with E-state index in [0.29, 0.717) is 40.0 Å². The van der Waals surface area contributed by atoms with Gasteiger partial charge in [0.15, 0.2) is 11.5 Å². The van der Waals surface area contributed by atoms with Gasteiger partial charge in [-0.2, -0.15) is 0 Å². The number of nitrogens with zero attached hydrogens (tertiary/aromatic N) is 3. The summed E-state index contributed by atoms with van der Waals surface area (Å²) in [4.78, 5) is 17.2. The number of aromatic nitrogens is 3. The van der Waals surface area contributed by atoms with Gasteiger partial charge in [0.2, 0.25) is 11.8 Å². The van der Waals surface area contributed by atoms with E-state index < -0.39 is 0 Å². The minimum absolute atomic E-state index is 0.195. The third-order valence-electron chi connectivity index (χ3n) is 5.24. The summed E-state index contributed by atoms with van der Waals surface area (Å²) in [5.74, 6) is 1.51. The third-order valence-corrected chi connectivity index (χ3v) is 5.24. The molecule has 0 aliphatic rings. The number of anilines is 1. The van der Waals surface area contributed by atoms with E-state index in [0.717, 1.165) is 16.7 Å². The number of benzene rings is 3. The summed E-state index contributed by atoms with van der Waals surface area (Å²) >= 11 is 0. The number of fused-ring (bicyclic) bond motifs is 1. The molecule has 0 spiro atoms. The highest BCUT2D eigenvalue weighted by Gasteiger charge is 2.14. The fraction of sp³-hybridized carbons (Fsp3) is 0.154. The van der Waals surface area contributed by atoms with Crippen LogP contribution in [0.4, 0.5) is 5.69 Å². The molecule has 1 amide bonds. The van der Waals surface area contributed by atoms with Gasteiger partial charge in [-0.25, -0.2) is 4.98 Å². The van der Waals surface area contributed by atoms with Crippen LogP contribution in [0.15, 0.2) is 75.6 Å². The zero-order chi connectivity index (χ0) is 22.9. The summed E-state index contributed by atoms with van der Waals surface area (Å²) in [5, 5.41) is 11.2. The van der Waals surface area contributed by atoms with Crippen LogP contribution in [-0.4, -0.2) is 21.1 Å². The number of amides is 1. The molecule has 0 saturated carbocycles. The van der Waals surface area contributed by atoms with Crippen molar-refractivity contribution in [1.29, 1.82) is 0 Å². The van der Waals surface area contributed by atoms with Gasteiger partial charge in [0.25, 0.3) is 5.91 Å². The summed E-state index contributed by atoms with van der Waals surface area (Å²) < 4.78 is 11.5. The Morgan fingerprint density at radius 2 is 1.64 bits per heavy atom. The Hall–Kier alpha value is -4.26. The first-order valence-electron chi connectivity index (χ1n) is 10.7. The lowest BCUT2D eigenvalue weighted by atomic mass is 10.1. The molecule has 5 rings (SSSR count). The lowest BCUT2D eigenvalue weighted by Crippen LogP contribution is -2.11. The fourth-order valence-electron chi connectivity index (χ4n) is 3.47. The Bertz CT molecular complexity index is 1450. The molecule has 5 aromatic rings. The van der Waals surface area contributed by atoms with Crippen LogP contribution in [0.1, 0.15) is 41.6 Å². The maximum Gasteiger partial charge on any atom is 0.255 e. The topological polar surface area (TPSA) is 94.1 Å². The summed E-state index contributed by atoms with van der Waals surface area (Å²) in [6.07, 6.45) is 0. The maximum atomic E-state index is 12.7.